The average molecular weight is 251 g/mol. The maximum atomic E-state index is 12.2. The van der Waals surface area contributed by atoms with Crippen molar-refractivity contribution in [3.63, 3.8) is 0 Å². The number of benzene rings is 1. The highest BCUT2D eigenvalue weighted by Gasteiger charge is 2.32. The lowest BCUT2D eigenvalue weighted by Crippen LogP contribution is -2.23. The van der Waals surface area contributed by atoms with E-state index in [2.05, 4.69) is 0 Å². The van der Waals surface area contributed by atoms with Gasteiger partial charge in [-0.3, -0.25) is 9.59 Å². The van der Waals surface area contributed by atoms with Gasteiger partial charge in [-0.2, -0.15) is 0 Å². The Labute approximate surface area is 104 Å². The normalized spacial score (nSPS) is 14.9. The SMILES string of the molecule is COC1=C(CCCl)C(=O)c2ccccc2C1=O. The molecule has 0 atom stereocenters. The molecule has 0 amide bonds. The summed E-state index contributed by atoms with van der Waals surface area (Å²) in [6.07, 6.45) is 0.337. The van der Waals surface area contributed by atoms with Crippen LogP contribution in [0.5, 0.6) is 0 Å². The topological polar surface area (TPSA) is 43.4 Å². The second kappa shape index (κ2) is 4.72. The van der Waals surface area contributed by atoms with Crippen molar-refractivity contribution in [1.29, 1.82) is 0 Å². The fourth-order valence-electron chi connectivity index (χ4n) is 1.94. The number of Topliss-reactive ketones (excluding diaryl/α,β-unsaturated/α-hetero) is 2. The zero-order valence-electron chi connectivity index (χ0n) is 9.33. The number of carbonyl (C=O) groups is 2. The molecule has 0 heterocycles. The summed E-state index contributed by atoms with van der Waals surface area (Å²) in [5.41, 5.74) is 1.19. The Kier molecular flexibility index (Phi) is 3.29. The van der Waals surface area contributed by atoms with Gasteiger partial charge in [-0.1, -0.05) is 24.3 Å². The van der Waals surface area contributed by atoms with Gasteiger partial charge in [-0.25, -0.2) is 0 Å². The molecule has 0 aliphatic heterocycles. The molecule has 3 nitrogen and oxygen atoms in total. The van der Waals surface area contributed by atoms with Crippen LogP contribution < -0.4 is 0 Å². The van der Waals surface area contributed by atoms with Gasteiger partial charge >= 0.3 is 0 Å². The summed E-state index contributed by atoms with van der Waals surface area (Å²) in [5.74, 6) is -0.0153. The van der Waals surface area contributed by atoms with Gasteiger partial charge in [0, 0.05) is 22.6 Å². The zero-order valence-corrected chi connectivity index (χ0v) is 10.1. The van der Waals surface area contributed by atoms with E-state index in [1.54, 1.807) is 24.3 Å². The summed E-state index contributed by atoms with van der Waals surface area (Å²) in [7, 11) is 1.39. The number of halogens is 1. The van der Waals surface area contributed by atoms with Crippen LogP contribution in [0.2, 0.25) is 0 Å². The molecule has 0 fully saturated rings. The standard InChI is InChI=1S/C13H11ClO3/c1-17-13-10(6-7-14)11(15)8-4-2-3-5-9(8)12(13)16/h2-5H,6-7H2,1H3. The molecule has 0 saturated heterocycles. The number of fused-ring (bicyclic) bond motifs is 1. The van der Waals surface area contributed by atoms with Gasteiger partial charge in [0.1, 0.15) is 0 Å². The lowest BCUT2D eigenvalue weighted by atomic mass is 9.87. The molecule has 1 aromatic rings. The van der Waals surface area contributed by atoms with Crippen LogP contribution in [0.15, 0.2) is 35.6 Å². The van der Waals surface area contributed by atoms with E-state index in [9.17, 15) is 9.59 Å². The number of ether oxygens (including phenoxy) is 1. The van der Waals surface area contributed by atoms with Crippen LogP contribution in [0.1, 0.15) is 27.1 Å². The summed E-state index contributed by atoms with van der Waals surface area (Å²) < 4.78 is 5.05. The molecule has 0 bridgehead atoms. The number of carbonyl (C=O) groups excluding carboxylic acids is 2. The molecule has 17 heavy (non-hydrogen) atoms. The van der Waals surface area contributed by atoms with Crippen molar-refractivity contribution in [3.05, 3.63) is 46.7 Å². The van der Waals surface area contributed by atoms with Gasteiger partial charge < -0.3 is 4.74 Å². The van der Waals surface area contributed by atoms with Gasteiger partial charge in [0.2, 0.25) is 5.78 Å². The van der Waals surface area contributed by atoms with Crippen molar-refractivity contribution >= 4 is 23.2 Å². The first-order valence-corrected chi connectivity index (χ1v) is 5.75. The molecule has 88 valence electrons. The number of rotatable bonds is 3. The van der Waals surface area contributed by atoms with Crippen LogP contribution in [0.4, 0.5) is 0 Å². The molecule has 0 aromatic heterocycles. The molecule has 0 radical (unpaired) electrons. The third kappa shape index (κ3) is 1.87. The van der Waals surface area contributed by atoms with Gasteiger partial charge in [-0.05, 0) is 6.42 Å². The predicted octanol–water partition coefficient (Wildman–Crippen LogP) is 2.60. The number of methoxy groups -OCH3 is 1. The Morgan fingerprint density at radius 2 is 1.71 bits per heavy atom. The van der Waals surface area contributed by atoms with Crippen LogP contribution >= 0.6 is 11.6 Å². The Morgan fingerprint density at radius 3 is 2.24 bits per heavy atom. The molecule has 1 aliphatic rings. The zero-order chi connectivity index (χ0) is 12.4. The summed E-state index contributed by atoms with van der Waals surface area (Å²) >= 11 is 5.64. The Morgan fingerprint density at radius 1 is 1.12 bits per heavy atom. The van der Waals surface area contributed by atoms with Crippen molar-refractivity contribution < 1.29 is 14.3 Å². The van der Waals surface area contributed by atoms with E-state index in [4.69, 9.17) is 16.3 Å². The van der Waals surface area contributed by atoms with Gasteiger partial charge in [0.25, 0.3) is 0 Å². The maximum absolute atomic E-state index is 12.2. The van der Waals surface area contributed by atoms with Crippen LogP contribution in [0, 0.1) is 0 Å². The molecule has 1 aromatic carbocycles. The number of allylic oxidation sites excluding steroid dienone is 2. The first-order chi connectivity index (χ1) is 8.20. The molecule has 4 heteroatoms. The fraction of sp³-hybridized carbons (Fsp3) is 0.231. The highest BCUT2D eigenvalue weighted by Crippen LogP contribution is 2.28. The van der Waals surface area contributed by atoms with Gasteiger partial charge in [0.15, 0.2) is 11.5 Å². The predicted molar refractivity (Wildman–Crippen MR) is 64.5 cm³/mol. The second-order valence-electron chi connectivity index (χ2n) is 3.65. The van der Waals surface area contributed by atoms with E-state index in [1.807, 2.05) is 0 Å². The van der Waals surface area contributed by atoms with Crippen molar-refractivity contribution in [3.8, 4) is 0 Å². The first-order valence-electron chi connectivity index (χ1n) is 5.22. The largest absolute Gasteiger partial charge is 0.492 e. The third-order valence-corrected chi connectivity index (χ3v) is 2.91. The first kappa shape index (κ1) is 11.9. The number of hydrogen-bond acceptors (Lipinski definition) is 3. The van der Waals surface area contributed by atoms with Crippen molar-refractivity contribution in [2.75, 3.05) is 13.0 Å². The van der Waals surface area contributed by atoms with Gasteiger partial charge in [-0.15, -0.1) is 11.6 Å². The van der Waals surface area contributed by atoms with E-state index >= 15 is 0 Å². The van der Waals surface area contributed by atoms with E-state index in [0.29, 0.717) is 23.1 Å². The Hall–Kier alpha value is -1.61. The number of ketones is 2. The van der Waals surface area contributed by atoms with Crippen LogP contribution in [0.25, 0.3) is 0 Å². The molecule has 0 saturated carbocycles. The summed E-state index contributed by atoms with van der Waals surface area (Å²) in [6.45, 7) is 0. The monoisotopic (exact) mass is 250 g/mol. The molecule has 0 unspecified atom stereocenters. The maximum Gasteiger partial charge on any atom is 0.228 e. The third-order valence-electron chi connectivity index (χ3n) is 2.72. The highest BCUT2D eigenvalue weighted by molar-refractivity contribution is 6.26. The van der Waals surface area contributed by atoms with Crippen LogP contribution in [0.3, 0.4) is 0 Å². The minimum atomic E-state index is -0.247. The number of hydrogen-bond donors (Lipinski definition) is 0. The number of alkyl halides is 1. The highest BCUT2D eigenvalue weighted by atomic mass is 35.5. The minimum Gasteiger partial charge on any atom is -0.492 e. The average Bonchev–Trinajstić information content (AvgIpc) is 2.36. The van der Waals surface area contributed by atoms with Crippen molar-refractivity contribution in [2.45, 2.75) is 6.42 Å². The Bertz CT molecular complexity index is 517. The van der Waals surface area contributed by atoms with Crippen molar-refractivity contribution in [2.24, 2.45) is 0 Å². The summed E-state index contributed by atoms with van der Waals surface area (Å²) in [4.78, 5) is 24.3. The molecule has 1 aliphatic carbocycles. The van der Waals surface area contributed by atoms with Gasteiger partial charge in [0.05, 0.1) is 7.11 Å². The molecular formula is C13H11ClO3. The molecule has 0 spiro atoms. The van der Waals surface area contributed by atoms with Crippen molar-refractivity contribution in [1.82, 2.24) is 0 Å². The Balaban J connectivity index is 2.60. The van der Waals surface area contributed by atoms with E-state index in [1.165, 1.54) is 7.11 Å². The van der Waals surface area contributed by atoms with E-state index in [0.717, 1.165) is 0 Å². The fourth-order valence-corrected chi connectivity index (χ4v) is 2.13. The quantitative estimate of drug-likeness (QED) is 0.775. The summed E-state index contributed by atoms with van der Waals surface area (Å²) in [5, 5.41) is 0. The van der Waals surface area contributed by atoms with E-state index < -0.39 is 0 Å². The molecular weight excluding hydrogens is 240 g/mol. The summed E-state index contributed by atoms with van der Waals surface area (Å²) in [6, 6.07) is 6.74. The lowest BCUT2D eigenvalue weighted by molar-refractivity contribution is 0.0903. The smallest absolute Gasteiger partial charge is 0.228 e. The lowest BCUT2D eigenvalue weighted by Gasteiger charge is -2.19. The van der Waals surface area contributed by atoms with E-state index in [-0.39, 0.29) is 23.2 Å². The second-order valence-corrected chi connectivity index (χ2v) is 4.03. The molecule has 2 rings (SSSR count). The van der Waals surface area contributed by atoms with Crippen LogP contribution in [-0.2, 0) is 4.74 Å². The van der Waals surface area contributed by atoms with Crippen LogP contribution in [-0.4, -0.2) is 24.6 Å². The molecule has 0 N–H and O–H groups in total. The minimum absolute atomic E-state index is 0.120.